The number of methoxy groups -OCH3 is 2. The van der Waals surface area contributed by atoms with E-state index < -0.39 is 16.5 Å². The summed E-state index contributed by atoms with van der Waals surface area (Å²) in [6.07, 6.45) is 0.995. The second kappa shape index (κ2) is 8.00. The summed E-state index contributed by atoms with van der Waals surface area (Å²) in [4.78, 5) is 22.8. The van der Waals surface area contributed by atoms with Gasteiger partial charge in [-0.3, -0.25) is 24.7 Å². The maximum atomic E-state index is 12.5. The van der Waals surface area contributed by atoms with Crippen LogP contribution in [0.3, 0.4) is 0 Å². The molecule has 0 spiro atoms. The van der Waals surface area contributed by atoms with Crippen LogP contribution >= 0.6 is 0 Å². The Labute approximate surface area is 165 Å². The molecule has 0 aliphatic carbocycles. The molecule has 11 heteroatoms. The minimum absolute atomic E-state index is 0.221. The van der Waals surface area contributed by atoms with Crippen LogP contribution in [0.4, 0.5) is 11.4 Å². The summed E-state index contributed by atoms with van der Waals surface area (Å²) in [6, 6.07) is 5.55. The summed E-state index contributed by atoms with van der Waals surface area (Å²) in [5, 5.41) is 24.1. The van der Waals surface area contributed by atoms with Crippen molar-refractivity contribution in [3.63, 3.8) is 0 Å². The Balaban J connectivity index is 1.84. The fraction of sp³-hybridized carbons (Fsp3) is 0.278. The highest BCUT2D eigenvalue weighted by Crippen LogP contribution is 2.29. The molecule has 2 heterocycles. The van der Waals surface area contributed by atoms with E-state index in [-0.39, 0.29) is 5.69 Å². The predicted molar refractivity (Wildman–Crippen MR) is 104 cm³/mol. The van der Waals surface area contributed by atoms with E-state index in [4.69, 9.17) is 9.47 Å². The highest BCUT2D eigenvalue weighted by molar-refractivity contribution is 6.06. The van der Waals surface area contributed by atoms with Crippen LogP contribution in [0.2, 0.25) is 0 Å². The van der Waals surface area contributed by atoms with Gasteiger partial charge in [0.25, 0.3) is 5.91 Å². The first-order valence-corrected chi connectivity index (χ1v) is 8.59. The topological polar surface area (TPSA) is 137 Å². The molecule has 0 aliphatic rings. The molecule has 0 radical (unpaired) electrons. The number of carbonyl (C=O) groups is 1. The van der Waals surface area contributed by atoms with E-state index in [1.807, 2.05) is 12.1 Å². The van der Waals surface area contributed by atoms with Crippen molar-refractivity contribution in [2.24, 2.45) is 0 Å². The van der Waals surface area contributed by atoms with E-state index in [1.54, 1.807) is 38.8 Å². The zero-order valence-corrected chi connectivity index (χ0v) is 16.3. The number of carbonyl (C=O) groups excluding carboxylic acids is 1. The smallest absolute Gasteiger partial charge is 0.319 e. The summed E-state index contributed by atoms with van der Waals surface area (Å²) in [7, 11) is 3.13. The molecule has 0 aliphatic heterocycles. The van der Waals surface area contributed by atoms with Gasteiger partial charge < -0.3 is 14.8 Å². The van der Waals surface area contributed by atoms with Crippen molar-refractivity contribution in [2.75, 3.05) is 19.5 Å². The third-order valence-electron chi connectivity index (χ3n) is 4.44. The maximum Gasteiger partial charge on any atom is 0.319 e. The minimum atomic E-state index is -0.668. The quantitative estimate of drug-likeness (QED) is 0.459. The molecule has 0 bridgehead atoms. The Kier molecular flexibility index (Phi) is 5.48. The number of nitrogens with zero attached hydrogens (tertiary/aromatic N) is 4. The first kappa shape index (κ1) is 19.9. The molecule has 0 unspecified atom stereocenters. The Morgan fingerprint density at radius 1 is 1.28 bits per heavy atom. The van der Waals surface area contributed by atoms with E-state index in [1.165, 1.54) is 0 Å². The van der Waals surface area contributed by atoms with E-state index in [0.717, 1.165) is 11.8 Å². The molecule has 29 heavy (non-hydrogen) atoms. The van der Waals surface area contributed by atoms with Gasteiger partial charge >= 0.3 is 5.69 Å². The largest absolute Gasteiger partial charge is 0.493 e. The summed E-state index contributed by atoms with van der Waals surface area (Å²) in [5.41, 5.74) is 2.08. The maximum absolute atomic E-state index is 12.5. The lowest BCUT2D eigenvalue weighted by Crippen LogP contribution is -2.15. The van der Waals surface area contributed by atoms with Crippen molar-refractivity contribution in [3.05, 3.63) is 57.2 Å². The molecular formula is C18H20N6O5. The number of ether oxygens (including phenoxy) is 2. The van der Waals surface area contributed by atoms with Gasteiger partial charge in [-0.1, -0.05) is 6.07 Å². The van der Waals surface area contributed by atoms with Crippen LogP contribution in [-0.4, -0.2) is 45.0 Å². The van der Waals surface area contributed by atoms with Gasteiger partial charge in [-0.25, -0.2) is 0 Å². The van der Waals surface area contributed by atoms with Gasteiger partial charge in [0, 0.05) is 0 Å². The van der Waals surface area contributed by atoms with Gasteiger partial charge in [0.15, 0.2) is 11.5 Å². The molecule has 3 aromatic rings. The highest BCUT2D eigenvalue weighted by atomic mass is 16.6. The molecule has 1 aromatic carbocycles. The average molecular weight is 400 g/mol. The molecule has 0 saturated carbocycles. The van der Waals surface area contributed by atoms with Crippen LogP contribution in [0, 0.1) is 24.0 Å². The summed E-state index contributed by atoms with van der Waals surface area (Å²) < 4.78 is 12.3. The SMILES string of the molecule is COc1ccc(Cn2nc(C)c(NC(=O)c3[nH]ncc3[N+](=O)[O-])c2C)cc1OC. The number of hydrogen-bond acceptors (Lipinski definition) is 7. The second-order valence-corrected chi connectivity index (χ2v) is 6.23. The van der Waals surface area contributed by atoms with Crippen LogP contribution in [0.15, 0.2) is 24.4 Å². The summed E-state index contributed by atoms with van der Waals surface area (Å²) >= 11 is 0. The lowest BCUT2D eigenvalue weighted by molar-refractivity contribution is -0.385. The number of aryl methyl sites for hydroxylation is 1. The van der Waals surface area contributed by atoms with Crippen molar-refractivity contribution in [1.82, 2.24) is 20.0 Å². The number of hydrogen-bond donors (Lipinski definition) is 2. The van der Waals surface area contributed by atoms with Crippen LogP contribution in [-0.2, 0) is 6.54 Å². The van der Waals surface area contributed by atoms with Crippen molar-refractivity contribution in [3.8, 4) is 11.5 Å². The van der Waals surface area contributed by atoms with Gasteiger partial charge in [0.05, 0.1) is 42.8 Å². The molecule has 0 fully saturated rings. The predicted octanol–water partition coefficient (Wildman–Crippen LogP) is 2.45. The van der Waals surface area contributed by atoms with E-state index in [0.29, 0.717) is 35.1 Å². The van der Waals surface area contributed by atoms with Crippen LogP contribution in [0.5, 0.6) is 11.5 Å². The van der Waals surface area contributed by atoms with Crippen LogP contribution in [0.1, 0.15) is 27.4 Å². The number of rotatable bonds is 7. The molecule has 0 atom stereocenters. The fourth-order valence-corrected chi connectivity index (χ4v) is 2.95. The molecule has 2 aromatic heterocycles. The number of anilines is 1. The number of aromatic amines is 1. The number of nitrogens with one attached hydrogen (secondary N) is 2. The van der Waals surface area contributed by atoms with Gasteiger partial charge in [-0.15, -0.1) is 0 Å². The molecule has 3 rings (SSSR count). The zero-order chi connectivity index (χ0) is 21.1. The van der Waals surface area contributed by atoms with E-state index >= 15 is 0 Å². The van der Waals surface area contributed by atoms with Gasteiger partial charge in [0.1, 0.15) is 6.20 Å². The third-order valence-corrected chi connectivity index (χ3v) is 4.44. The van der Waals surface area contributed by atoms with Crippen molar-refractivity contribution in [2.45, 2.75) is 20.4 Å². The van der Waals surface area contributed by atoms with Gasteiger partial charge in [-0.2, -0.15) is 10.2 Å². The summed E-state index contributed by atoms with van der Waals surface area (Å²) in [6.45, 7) is 3.99. The highest BCUT2D eigenvalue weighted by Gasteiger charge is 2.24. The molecule has 2 N–H and O–H groups in total. The van der Waals surface area contributed by atoms with E-state index in [9.17, 15) is 14.9 Å². The molecule has 1 amide bonds. The van der Waals surface area contributed by atoms with Crippen molar-refractivity contribution < 1.29 is 19.2 Å². The second-order valence-electron chi connectivity index (χ2n) is 6.23. The zero-order valence-electron chi connectivity index (χ0n) is 16.3. The number of aromatic nitrogens is 4. The Morgan fingerprint density at radius 3 is 2.66 bits per heavy atom. The van der Waals surface area contributed by atoms with E-state index in [2.05, 4.69) is 20.6 Å². The van der Waals surface area contributed by atoms with Gasteiger partial charge in [-0.05, 0) is 31.5 Å². The minimum Gasteiger partial charge on any atom is -0.493 e. The van der Waals surface area contributed by atoms with Crippen LogP contribution in [0.25, 0.3) is 0 Å². The molecule has 152 valence electrons. The van der Waals surface area contributed by atoms with Gasteiger partial charge in [0.2, 0.25) is 5.69 Å². The standard InChI is InChI=1S/C18H20N6O5/c1-10-16(20-18(25)17-13(24(26)27)8-19-21-17)11(2)23(22-10)9-12-5-6-14(28-3)15(7-12)29-4/h5-8H,9H2,1-4H3,(H,19,21)(H,20,25). The monoisotopic (exact) mass is 400 g/mol. The lowest BCUT2D eigenvalue weighted by Gasteiger charge is -2.11. The average Bonchev–Trinajstić information content (AvgIpc) is 3.29. The number of nitro groups is 1. The fourth-order valence-electron chi connectivity index (χ4n) is 2.95. The number of benzene rings is 1. The number of amides is 1. The third kappa shape index (κ3) is 3.88. The first-order valence-electron chi connectivity index (χ1n) is 8.59. The Morgan fingerprint density at radius 2 is 2.00 bits per heavy atom. The lowest BCUT2D eigenvalue weighted by atomic mass is 10.2. The van der Waals surface area contributed by atoms with Crippen molar-refractivity contribution >= 4 is 17.3 Å². The number of H-pyrrole nitrogens is 1. The molecule has 0 saturated heterocycles. The first-order chi connectivity index (χ1) is 13.8. The molecule has 11 nitrogen and oxygen atoms in total. The molecular weight excluding hydrogens is 380 g/mol. The Hall–Kier alpha value is -3.89. The van der Waals surface area contributed by atoms with Crippen molar-refractivity contribution in [1.29, 1.82) is 0 Å². The normalized spacial score (nSPS) is 10.6. The summed E-state index contributed by atoms with van der Waals surface area (Å²) in [5.74, 6) is 0.566. The van der Waals surface area contributed by atoms with Crippen LogP contribution < -0.4 is 14.8 Å². The Bertz CT molecular complexity index is 1070.